The van der Waals surface area contributed by atoms with E-state index in [2.05, 4.69) is 197 Å². The predicted octanol–water partition coefficient (Wildman–Crippen LogP) is 14.9. The van der Waals surface area contributed by atoms with Crippen molar-refractivity contribution in [3.63, 3.8) is 0 Å². The van der Waals surface area contributed by atoms with Crippen LogP contribution in [0.5, 0.6) is 0 Å². The smallest absolute Gasteiger partial charge is 0.0346 e. The highest BCUT2D eigenvalue weighted by molar-refractivity contribution is 5.88. The molecule has 0 spiro atoms. The van der Waals surface area contributed by atoms with Crippen LogP contribution in [0, 0.1) is 0 Å². The first-order valence-corrected chi connectivity index (χ1v) is 20.2. The summed E-state index contributed by atoms with van der Waals surface area (Å²) < 4.78 is 0. The molecular formula is C57H39N3. The van der Waals surface area contributed by atoms with Crippen LogP contribution in [0.25, 0.3) is 100 Å². The number of pyridine rings is 3. The van der Waals surface area contributed by atoms with Crippen molar-refractivity contribution in [1.29, 1.82) is 0 Å². The van der Waals surface area contributed by atoms with Crippen molar-refractivity contribution >= 4 is 0 Å². The molecule has 0 fully saturated rings. The predicted molar refractivity (Wildman–Crippen MR) is 249 cm³/mol. The molecule has 0 N–H and O–H groups in total. The molecule has 7 aromatic carbocycles. The van der Waals surface area contributed by atoms with Gasteiger partial charge in [-0.2, -0.15) is 0 Å². The summed E-state index contributed by atoms with van der Waals surface area (Å²) >= 11 is 0. The number of hydrogen-bond donors (Lipinski definition) is 0. The Bertz CT molecular complexity index is 2660. The topological polar surface area (TPSA) is 38.7 Å². The molecule has 0 saturated heterocycles. The lowest BCUT2D eigenvalue weighted by Crippen LogP contribution is -1.90. The first-order valence-electron chi connectivity index (χ1n) is 20.2. The van der Waals surface area contributed by atoms with E-state index in [0.717, 1.165) is 89.0 Å². The van der Waals surface area contributed by atoms with Gasteiger partial charge in [0.05, 0.1) is 0 Å². The van der Waals surface area contributed by atoms with E-state index in [1.165, 1.54) is 11.1 Å². The van der Waals surface area contributed by atoms with Gasteiger partial charge in [0.1, 0.15) is 0 Å². The number of benzene rings is 7. The minimum Gasteiger partial charge on any atom is -0.264 e. The zero-order chi connectivity index (χ0) is 40.1. The van der Waals surface area contributed by atoms with Gasteiger partial charge >= 0.3 is 0 Å². The molecule has 0 bridgehead atoms. The summed E-state index contributed by atoms with van der Waals surface area (Å²) in [7, 11) is 0. The Morgan fingerprint density at radius 2 is 0.383 bits per heavy atom. The van der Waals surface area contributed by atoms with Crippen molar-refractivity contribution in [2.45, 2.75) is 0 Å². The molecule has 0 saturated carbocycles. The Morgan fingerprint density at radius 1 is 0.167 bits per heavy atom. The van der Waals surface area contributed by atoms with Crippen molar-refractivity contribution in [2.24, 2.45) is 0 Å². The van der Waals surface area contributed by atoms with Crippen molar-refractivity contribution in [3.8, 4) is 100 Å². The molecule has 0 radical (unpaired) electrons. The maximum atomic E-state index is 4.41. The highest BCUT2D eigenvalue weighted by Crippen LogP contribution is 2.40. The Labute approximate surface area is 351 Å². The summed E-state index contributed by atoms with van der Waals surface area (Å²) in [5, 5.41) is 0. The highest BCUT2D eigenvalue weighted by atomic mass is 14.6. The summed E-state index contributed by atoms with van der Waals surface area (Å²) in [6.45, 7) is 0. The Morgan fingerprint density at radius 3 is 0.667 bits per heavy atom. The third-order valence-electron chi connectivity index (χ3n) is 11.1. The normalized spacial score (nSPS) is 11.0. The van der Waals surface area contributed by atoms with Crippen LogP contribution in [-0.4, -0.2) is 15.0 Å². The SMILES string of the molecule is c1ccc(-c2cccc(-c3cc(-c4cccc(-c5cccnc5)c4)cc(-c4cc(-c5cccc(-c6cccnc6)c5)cc(-c5cccc(-c6cccnc6)c5)c4)c3)c2)cc1. The summed E-state index contributed by atoms with van der Waals surface area (Å²) in [4.78, 5) is 13.2. The zero-order valence-electron chi connectivity index (χ0n) is 32.9. The largest absolute Gasteiger partial charge is 0.264 e. The van der Waals surface area contributed by atoms with E-state index in [0.29, 0.717) is 0 Å². The van der Waals surface area contributed by atoms with E-state index in [4.69, 9.17) is 0 Å². The molecule has 0 unspecified atom stereocenters. The Hall–Kier alpha value is -8.01. The van der Waals surface area contributed by atoms with E-state index in [-0.39, 0.29) is 0 Å². The van der Waals surface area contributed by atoms with Gasteiger partial charge < -0.3 is 0 Å². The van der Waals surface area contributed by atoms with E-state index < -0.39 is 0 Å². The summed E-state index contributed by atoms with van der Waals surface area (Å²) in [6.07, 6.45) is 11.2. The maximum absolute atomic E-state index is 4.41. The minimum atomic E-state index is 1.09. The van der Waals surface area contributed by atoms with E-state index in [9.17, 15) is 0 Å². The first kappa shape index (κ1) is 36.3. The van der Waals surface area contributed by atoms with Crippen molar-refractivity contribution in [3.05, 3.63) is 237 Å². The Kier molecular flexibility index (Phi) is 9.97. The van der Waals surface area contributed by atoms with Gasteiger partial charge in [-0.1, -0.05) is 121 Å². The number of aromatic nitrogens is 3. The van der Waals surface area contributed by atoms with Crippen LogP contribution in [-0.2, 0) is 0 Å². The molecule has 0 aliphatic carbocycles. The molecular weight excluding hydrogens is 727 g/mol. The Balaban J connectivity index is 1.17. The van der Waals surface area contributed by atoms with E-state index >= 15 is 0 Å². The monoisotopic (exact) mass is 765 g/mol. The van der Waals surface area contributed by atoms with E-state index in [1.54, 1.807) is 0 Å². The third-order valence-corrected chi connectivity index (χ3v) is 11.1. The second-order valence-corrected chi connectivity index (χ2v) is 15.0. The second kappa shape index (κ2) is 16.5. The number of nitrogens with zero attached hydrogens (tertiary/aromatic N) is 3. The zero-order valence-corrected chi connectivity index (χ0v) is 32.9. The molecule has 0 aliphatic rings. The molecule has 60 heavy (non-hydrogen) atoms. The molecule has 3 nitrogen and oxygen atoms in total. The molecule has 282 valence electrons. The summed E-state index contributed by atoms with van der Waals surface area (Å²) in [6, 6.07) is 72.1. The van der Waals surface area contributed by atoms with Crippen LogP contribution in [0.1, 0.15) is 0 Å². The van der Waals surface area contributed by atoms with Gasteiger partial charge in [-0.25, -0.2) is 0 Å². The molecule has 3 heterocycles. The van der Waals surface area contributed by atoms with Gasteiger partial charge in [0.25, 0.3) is 0 Å². The van der Waals surface area contributed by atoms with Gasteiger partial charge in [-0.05, 0) is 162 Å². The fraction of sp³-hybridized carbons (Fsp3) is 0. The van der Waals surface area contributed by atoms with Crippen molar-refractivity contribution in [2.75, 3.05) is 0 Å². The number of rotatable bonds is 9. The highest BCUT2D eigenvalue weighted by Gasteiger charge is 2.14. The lowest BCUT2D eigenvalue weighted by molar-refractivity contribution is 1.33. The van der Waals surface area contributed by atoms with Crippen LogP contribution >= 0.6 is 0 Å². The van der Waals surface area contributed by atoms with Crippen LogP contribution in [0.3, 0.4) is 0 Å². The fourth-order valence-electron chi connectivity index (χ4n) is 8.00. The minimum absolute atomic E-state index is 1.09. The van der Waals surface area contributed by atoms with E-state index in [1.807, 2.05) is 55.4 Å². The number of hydrogen-bond acceptors (Lipinski definition) is 3. The first-order chi connectivity index (χ1) is 29.7. The lowest BCUT2D eigenvalue weighted by Gasteiger charge is -2.16. The third kappa shape index (κ3) is 7.80. The molecule has 3 heteroatoms. The average Bonchev–Trinajstić information content (AvgIpc) is 3.35. The summed E-state index contributed by atoms with van der Waals surface area (Å²) in [5.41, 5.74) is 20.4. The molecule has 10 rings (SSSR count). The van der Waals surface area contributed by atoms with Crippen LogP contribution < -0.4 is 0 Å². The molecule has 0 amide bonds. The van der Waals surface area contributed by atoms with Crippen LogP contribution in [0.2, 0.25) is 0 Å². The molecule has 10 aromatic rings. The van der Waals surface area contributed by atoms with Gasteiger partial charge in [0.15, 0.2) is 0 Å². The quantitative estimate of drug-likeness (QED) is 0.147. The van der Waals surface area contributed by atoms with Gasteiger partial charge in [-0.3, -0.25) is 15.0 Å². The molecule has 3 aromatic heterocycles. The average molecular weight is 766 g/mol. The molecule has 0 atom stereocenters. The fourth-order valence-corrected chi connectivity index (χ4v) is 8.00. The van der Waals surface area contributed by atoms with Crippen LogP contribution in [0.15, 0.2) is 237 Å². The van der Waals surface area contributed by atoms with Crippen molar-refractivity contribution in [1.82, 2.24) is 15.0 Å². The standard InChI is InChI=1S/C57H39N3/c1-2-11-40(12-3-1)41-13-4-17-45(27-41)52-31-53(46-18-5-14-42(28-46)49-21-8-24-58-37-49)34-56(33-52)57-35-54(47-19-6-15-43(29-47)50-22-9-25-59-38-50)32-55(36-57)48-20-7-16-44(30-48)51-23-10-26-60-39-51/h1-39H. The second-order valence-electron chi connectivity index (χ2n) is 15.0. The van der Waals surface area contributed by atoms with Crippen molar-refractivity contribution < 1.29 is 0 Å². The summed E-state index contributed by atoms with van der Waals surface area (Å²) in [5.74, 6) is 0. The lowest BCUT2D eigenvalue weighted by atomic mass is 9.88. The van der Waals surface area contributed by atoms with Gasteiger partial charge in [0, 0.05) is 53.9 Å². The van der Waals surface area contributed by atoms with Gasteiger partial charge in [-0.15, -0.1) is 0 Å². The maximum Gasteiger partial charge on any atom is 0.0346 e. The molecule has 0 aliphatic heterocycles. The van der Waals surface area contributed by atoms with Gasteiger partial charge in [0.2, 0.25) is 0 Å². The van der Waals surface area contributed by atoms with Crippen LogP contribution in [0.4, 0.5) is 0 Å².